The van der Waals surface area contributed by atoms with Crippen molar-refractivity contribution in [2.45, 2.75) is 12.3 Å². The van der Waals surface area contributed by atoms with Crippen LogP contribution < -0.4 is 18.9 Å². The van der Waals surface area contributed by atoms with Crippen molar-refractivity contribution >= 4 is 17.4 Å². The molecule has 6 heteroatoms. The molecule has 5 nitrogen and oxygen atoms in total. The van der Waals surface area contributed by atoms with Gasteiger partial charge in [-0.3, -0.25) is 4.79 Å². The van der Waals surface area contributed by atoms with Gasteiger partial charge in [0, 0.05) is 23.5 Å². The number of rotatable bonds is 5. The third-order valence-electron chi connectivity index (χ3n) is 4.51. The van der Waals surface area contributed by atoms with Crippen LogP contribution in [0.1, 0.15) is 33.8 Å². The number of fused-ring (bicyclic) bond motifs is 1. The van der Waals surface area contributed by atoms with Crippen LogP contribution in [0, 0.1) is 0 Å². The maximum absolute atomic E-state index is 12.5. The molecule has 0 saturated heterocycles. The van der Waals surface area contributed by atoms with Crippen LogP contribution in [-0.4, -0.2) is 34.2 Å². The molecule has 25 heavy (non-hydrogen) atoms. The van der Waals surface area contributed by atoms with Gasteiger partial charge in [0.2, 0.25) is 0 Å². The van der Waals surface area contributed by atoms with Crippen LogP contribution in [0.3, 0.4) is 0 Å². The molecule has 2 aromatic rings. The molecule has 0 heterocycles. The highest BCUT2D eigenvalue weighted by Crippen LogP contribution is 2.48. The van der Waals surface area contributed by atoms with Gasteiger partial charge >= 0.3 is 0 Å². The number of carbonyl (C=O) groups excluding carboxylic acids is 1. The van der Waals surface area contributed by atoms with E-state index in [1.165, 1.54) is 0 Å². The Morgan fingerprint density at radius 3 is 2.12 bits per heavy atom. The van der Waals surface area contributed by atoms with E-state index in [9.17, 15) is 4.79 Å². The molecule has 1 aliphatic carbocycles. The molecule has 1 aliphatic rings. The normalized spacial score (nSPS) is 15.7. The molecule has 0 aromatic heterocycles. The number of ketones is 1. The molecule has 0 aliphatic heterocycles. The number of ether oxygens (including phenoxy) is 4. The summed E-state index contributed by atoms with van der Waals surface area (Å²) in [6, 6.07) is 7.24. The largest absolute Gasteiger partial charge is 0.495 e. The van der Waals surface area contributed by atoms with Gasteiger partial charge in [-0.05, 0) is 23.8 Å². The van der Waals surface area contributed by atoms with E-state index in [1.54, 1.807) is 40.6 Å². The summed E-state index contributed by atoms with van der Waals surface area (Å²) in [6.07, 6.45) is 0.338. The Balaban J connectivity index is 2.17. The first kappa shape index (κ1) is 17.4. The zero-order valence-electron chi connectivity index (χ0n) is 14.5. The van der Waals surface area contributed by atoms with Crippen molar-refractivity contribution in [1.29, 1.82) is 0 Å². The monoisotopic (exact) mass is 362 g/mol. The van der Waals surface area contributed by atoms with Gasteiger partial charge < -0.3 is 18.9 Å². The predicted octanol–water partition coefficient (Wildman–Crippen LogP) is 4.09. The van der Waals surface area contributed by atoms with E-state index in [0.29, 0.717) is 40.0 Å². The number of Topliss-reactive ketones (excluding diaryl/α,β-unsaturated/α-hetero) is 1. The van der Waals surface area contributed by atoms with Gasteiger partial charge in [0.15, 0.2) is 17.3 Å². The summed E-state index contributed by atoms with van der Waals surface area (Å²) in [5.41, 5.74) is 2.35. The second kappa shape index (κ2) is 6.84. The van der Waals surface area contributed by atoms with E-state index in [4.69, 9.17) is 30.5 Å². The Kier molecular flexibility index (Phi) is 4.77. The minimum atomic E-state index is -0.166. The van der Waals surface area contributed by atoms with E-state index in [0.717, 1.165) is 11.1 Å². The summed E-state index contributed by atoms with van der Waals surface area (Å²) in [5.74, 6) is 2.05. The topological polar surface area (TPSA) is 54.0 Å². The van der Waals surface area contributed by atoms with Crippen LogP contribution in [0.25, 0.3) is 0 Å². The Bertz CT molecular complexity index is 831. The van der Waals surface area contributed by atoms with Crippen LogP contribution in [0.4, 0.5) is 0 Å². The molecule has 1 atom stereocenters. The smallest absolute Gasteiger partial charge is 0.164 e. The summed E-state index contributed by atoms with van der Waals surface area (Å²) < 4.78 is 21.4. The van der Waals surface area contributed by atoms with Crippen LogP contribution in [-0.2, 0) is 0 Å². The highest BCUT2D eigenvalue weighted by molar-refractivity contribution is 6.33. The van der Waals surface area contributed by atoms with E-state index in [-0.39, 0.29) is 11.7 Å². The number of carbonyl (C=O) groups is 1. The molecule has 0 N–H and O–H groups in total. The van der Waals surface area contributed by atoms with Gasteiger partial charge in [-0.2, -0.15) is 0 Å². The summed E-state index contributed by atoms with van der Waals surface area (Å²) in [4.78, 5) is 12.5. The van der Waals surface area contributed by atoms with Crippen LogP contribution >= 0.6 is 11.6 Å². The molecule has 0 amide bonds. The summed E-state index contributed by atoms with van der Waals surface area (Å²) in [5, 5.41) is 0.392. The molecule has 1 unspecified atom stereocenters. The first-order valence-corrected chi connectivity index (χ1v) is 8.13. The van der Waals surface area contributed by atoms with Crippen LogP contribution in [0.5, 0.6) is 23.0 Å². The molecule has 0 radical (unpaired) electrons. The molecule has 0 saturated carbocycles. The van der Waals surface area contributed by atoms with Crippen molar-refractivity contribution < 1.29 is 23.7 Å². The second-order valence-corrected chi connectivity index (χ2v) is 6.06. The number of halogens is 1. The molecular weight excluding hydrogens is 344 g/mol. The van der Waals surface area contributed by atoms with Crippen molar-refractivity contribution in [3.8, 4) is 23.0 Å². The first-order valence-electron chi connectivity index (χ1n) is 7.75. The van der Waals surface area contributed by atoms with Gasteiger partial charge in [-0.25, -0.2) is 0 Å². The summed E-state index contributed by atoms with van der Waals surface area (Å²) in [6.45, 7) is 0. The second-order valence-electron chi connectivity index (χ2n) is 5.68. The maximum Gasteiger partial charge on any atom is 0.164 e. The van der Waals surface area contributed by atoms with Crippen molar-refractivity contribution in [2.75, 3.05) is 28.4 Å². The van der Waals surface area contributed by atoms with Gasteiger partial charge in [0.25, 0.3) is 0 Å². The third-order valence-corrected chi connectivity index (χ3v) is 4.87. The minimum absolute atomic E-state index is 0.0509. The molecule has 2 aromatic carbocycles. The molecule has 0 fully saturated rings. The van der Waals surface area contributed by atoms with Crippen LogP contribution in [0.15, 0.2) is 24.3 Å². The Morgan fingerprint density at radius 1 is 0.880 bits per heavy atom. The van der Waals surface area contributed by atoms with Crippen LogP contribution in [0.2, 0.25) is 5.02 Å². The predicted molar refractivity (Wildman–Crippen MR) is 94.9 cm³/mol. The van der Waals surface area contributed by atoms with Crippen molar-refractivity contribution in [2.24, 2.45) is 0 Å². The van der Waals surface area contributed by atoms with Gasteiger partial charge in [0.05, 0.1) is 28.4 Å². The van der Waals surface area contributed by atoms with Crippen molar-refractivity contribution in [3.63, 3.8) is 0 Å². The quantitative estimate of drug-likeness (QED) is 0.801. The average Bonchev–Trinajstić information content (AvgIpc) is 2.95. The highest BCUT2D eigenvalue weighted by Gasteiger charge is 2.34. The Hall–Kier alpha value is -2.40. The zero-order valence-corrected chi connectivity index (χ0v) is 15.3. The number of benzene rings is 2. The molecule has 0 bridgehead atoms. The summed E-state index contributed by atoms with van der Waals surface area (Å²) >= 11 is 6.38. The highest BCUT2D eigenvalue weighted by atomic mass is 35.5. The number of hydrogen-bond donors (Lipinski definition) is 0. The lowest BCUT2D eigenvalue weighted by Crippen LogP contribution is -2.02. The van der Waals surface area contributed by atoms with E-state index in [2.05, 4.69) is 0 Å². The lowest BCUT2D eigenvalue weighted by molar-refractivity contribution is 0.0991. The van der Waals surface area contributed by atoms with E-state index >= 15 is 0 Å². The minimum Gasteiger partial charge on any atom is -0.495 e. The van der Waals surface area contributed by atoms with Gasteiger partial charge in [-0.15, -0.1) is 0 Å². The molecule has 132 valence electrons. The van der Waals surface area contributed by atoms with Gasteiger partial charge in [0.1, 0.15) is 16.5 Å². The standard InChI is InChI=1S/C19H19ClO5/c1-22-15-6-5-10(19(25-4)18(15)20)11-7-14(21)13-9-17(24-3)16(23-2)8-12(11)13/h5-6,8-9,11H,7H2,1-4H3. The third kappa shape index (κ3) is 2.78. The van der Waals surface area contributed by atoms with E-state index < -0.39 is 0 Å². The Morgan fingerprint density at radius 2 is 1.52 bits per heavy atom. The first-order chi connectivity index (χ1) is 12.0. The zero-order chi connectivity index (χ0) is 18.1. The summed E-state index contributed by atoms with van der Waals surface area (Å²) in [7, 11) is 6.22. The number of hydrogen-bond acceptors (Lipinski definition) is 5. The average molecular weight is 363 g/mol. The SMILES string of the molecule is COc1cc2c(cc1OC)C(c1ccc(OC)c(Cl)c1OC)CC2=O. The fraction of sp³-hybridized carbons (Fsp3) is 0.316. The van der Waals surface area contributed by atoms with Crippen molar-refractivity contribution in [1.82, 2.24) is 0 Å². The molecule has 0 spiro atoms. The molecule has 3 rings (SSSR count). The number of methoxy groups -OCH3 is 4. The van der Waals surface area contributed by atoms with E-state index in [1.807, 2.05) is 12.1 Å². The van der Waals surface area contributed by atoms with Gasteiger partial charge in [-0.1, -0.05) is 17.7 Å². The lowest BCUT2D eigenvalue weighted by atomic mass is 9.91. The molecular formula is C19H19ClO5. The fourth-order valence-corrected chi connectivity index (χ4v) is 3.63. The Labute approximate surface area is 151 Å². The lowest BCUT2D eigenvalue weighted by Gasteiger charge is -2.19. The van der Waals surface area contributed by atoms with Crippen molar-refractivity contribution in [3.05, 3.63) is 46.0 Å². The maximum atomic E-state index is 12.5. The fourth-order valence-electron chi connectivity index (χ4n) is 3.30.